The second kappa shape index (κ2) is 5.80. The fraction of sp³-hybridized carbons (Fsp3) is 0.500. The van der Waals surface area contributed by atoms with E-state index < -0.39 is 17.7 Å². The summed E-state index contributed by atoms with van der Waals surface area (Å²) in [6, 6.07) is 2.31. The van der Waals surface area contributed by atoms with E-state index in [4.69, 9.17) is 4.74 Å². The highest BCUT2D eigenvalue weighted by atomic mass is 19.2. The number of hydrogen-bond acceptors (Lipinski definition) is 2. The van der Waals surface area contributed by atoms with E-state index in [0.717, 1.165) is 18.9 Å². The Bertz CT molecular complexity index is 351. The molecule has 0 saturated heterocycles. The van der Waals surface area contributed by atoms with Gasteiger partial charge in [-0.15, -0.1) is 0 Å². The van der Waals surface area contributed by atoms with Gasteiger partial charge in [0.1, 0.15) is 0 Å². The maximum absolute atomic E-state index is 13.3. The van der Waals surface area contributed by atoms with Gasteiger partial charge in [-0.1, -0.05) is 13.3 Å². The summed E-state index contributed by atoms with van der Waals surface area (Å²) in [6.07, 6.45) is 0.851. The molecule has 0 fully saturated rings. The maximum atomic E-state index is 13.3. The molecule has 1 rings (SSSR count). The lowest BCUT2D eigenvalue weighted by Crippen LogP contribution is -2.03. The van der Waals surface area contributed by atoms with Crippen molar-refractivity contribution in [3.05, 3.63) is 29.3 Å². The number of aliphatic hydroxyl groups is 1. The average Bonchev–Trinajstić information content (AvgIpc) is 2.24. The zero-order valence-electron chi connectivity index (χ0n) is 9.46. The largest absolute Gasteiger partial charge is 0.490 e. The minimum absolute atomic E-state index is 0.135. The zero-order chi connectivity index (χ0) is 12.1. The van der Waals surface area contributed by atoms with Crippen LogP contribution in [0.3, 0.4) is 0 Å². The van der Waals surface area contributed by atoms with Crippen molar-refractivity contribution in [2.24, 2.45) is 0 Å². The number of hydrogen-bond donors (Lipinski definition) is 1. The molecule has 0 aromatic heterocycles. The highest BCUT2D eigenvalue weighted by Gasteiger charge is 2.14. The van der Waals surface area contributed by atoms with E-state index in [9.17, 15) is 13.9 Å². The van der Waals surface area contributed by atoms with Crippen LogP contribution >= 0.6 is 0 Å². The molecular formula is C12H16F2O2. The Morgan fingerprint density at radius 3 is 2.62 bits per heavy atom. The van der Waals surface area contributed by atoms with Crippen LogP contribution in [0, 0.1) is 11.6 Å². The fourth-order valence-corrected chi connectivity index (χ4v) is 1.26. The second-order valence-electron chi connectivity index (χ2n) is 3.69. The lowest BCUT2D eigenvalue weighted by molar-refractivity contribution is 0.197. The Labute approximate surface area is 93.9 Å². The van der Waals surface area contributed by atoms with Gasteiger partial charge < -0.3 is 9.84 Å². The highest BCUT2D eigenvalue weighted by molar-refractivity contribution is 5.32. The number of aliphatic hydroxyl groups excluding tert-OH is 1. The van der Waals surface area contributed by atoms with Gasteiger partial charge in [0, 0.05) is 0 Å². The summed E-state index contributed by atoms with van der Waals surface area (Å²) in [4.78, 5) is 0. The first kappa shape index (κ1) is 12.9. The van der Waals surface area contributed by atoms with Crippen molar-refractivity contribution in [1.29, 1.82) is 0 Å². The Hall–Kier alpha value is -1.16. The van der Waals surface area contributed by atoms with Crippen molar-refractivity contribution < 1.29 is 18.6 Å². The Morgan fingerprint density at radius 1 is 1.38 bits per heavy atom. The molecule has 0 aliphatic rings. The van der Waals surface area contributed by atoms with Crippen LogP contribution in [-0.4, -0.2) is 11.7 Å². The molecule has 1 aromatic carbocycles. The molecule has 1 atom stereocenters. The number of benzene rings is 1. The third-order valence-electron chi connectivity index (χ3n) is 2.26. The predicted molar refractivity (Wildman–Crippen MR) is 57.4 cm³/mol. The summed E-state index contributed by atoms with van der Waals surface area (Å²) < 4.78 is 31.6. The standard InChI is InChI=1S/C12H16F2O2/c1-3-4-5-16-11-7-9(8(2)15)6-10(13)12(11)14/h6-8,15H,3-5H2,1-2H3. The number of unbranched alkanes of at least 4 members (excludes halogenated alkanes) is 1. The van der Waals surface area contributed by atoms with Gasteiger partial charge in [0.15, 0.2) is 11.6 Å². The average molecular weight is 230 g/mol. The van der Waals surface area contributed by atoms with Gasteiger partial charge in [-0.2, -0.15) is 4.39 Å². The molecule has 0 spiro atoms. The third kappa shape index (κ3) is 3.17. The number of halogens is 2. The fourth-order valence-electron chi connectivity index (χ4n) is 1.26. The minimum atomic E-state index is -1.000. The molecule has 4 heteroatoms. The van der Waals surface area contributed by atoms with Crippen LogP contribution in [-0.2, 0) is 0 Å². The summed E-state index contributed by atoms with van der Waals surface area (Å²) in [5.41, 5.74) is 0.311. The highest BCUT2D eigenvalue weighted by Crippen LogP contribution is 2.25. The van der Waals surface area contributed by atoms with E-state index in [1.165, 1.54) is 13.0 Å². The molecule has 0 bridgehead atoms. The maximum Gasteiger partial charge on any atom is 0.200 e. The summed E-state index contributed by atoms with van der Waals surface area (Å²) in [5, 5.41) is 9.29. The van der Waals surface area contributed by atoms with Crippen LogP contribution in [0.25, 0.3) is 0 Å². The molecule has 1 N–H and O–H groups in total. The van der Waals surface area contributed by atoms with Crippen molar-refractivity contribution in [1.82, 2.24) is 0 Å². The van der Waals surface area contributed by atoms with Gasteiger partial charge in [-0.25, -0.2) is 4.39 Å². The van der Waals surface area contributed by atoms with Crippen molar-refractivity contribution in [2.75, 3.05) is 6.61 Å². The molecular weight excluding hydrogens is 214 g/mol. The van der Waals surface area contributed by atoms with Gasteiger partial charge >= 0.3 is 0 Å². The number of ether oxygens (including phenoxy) is 1. The Kier molecular flexibility index (Phi) is 4.68. The van der Waals surface area contributed by atoms with Crippen LogP contribution < -0.4 is 4.74 Å². The van der Waals surface area contributed by atoms with Crippen molar-refractivity contribution in [2.45, 2.75) is 32.8 Å². The van der Waals surface area contributed by atoms with Crippen molar-refractivity contribution >= 4 is 0 Å². The summed E-state index contributed by atoms with van der Waals surface area (Å²) >= 11 is 0. The van der Waals surface area contributed by atoms with Crippen LogP contribution in [0.2, 0.25) is 0 Å². The molecule has 90 valence electrons. The monoisotopic (exact) mass is 230 g/mol. The second-order valence-corrected chi connectivity index (χ2v) is 3.69. The molecule has 0 aliphatic heterocycles. The van der Waals surface area contributed by atoms with Crippen LogP contribution in [0.4, 0.5) is 8.78 Å². The van der Waals surface area contributed by atoms with Crippen LogP contribution in [0.15, 0.2) is 12.1 Å². The van der Waals surface area contributed by atoms with Gasteiger partial charge in [0.2, 0.25) is 5.82 Å². The molecule has 0 aliphatic carbocycles. The lowest BCUT2D eigenvalue weighted by Gasteiger charge is -2.11. The zero-order valence-corrected chi connectivity index (χ0v) is 9.46. The molecule has 0 amide bonds. The third-order valence-corrected chi connectivity index (χ3v) is 2.26. The van der Waals surface area contributed by atoms with Crippen LogP contribution in [0.5, 0.6) is 5.75 Å². The van der Waals surface area contributed by atoms with E-state index in [1.54, 1.807) is 0 Å². The van der Waals surface area contributed by atoms with E-state index in [-0.39, 0.29) is 5.75 Å². The van der Waals surface area contributed by atoms with E-state index in [0.29, 0.717) is 12.2 Å². The van der Waals surface area contributed by atoms with Gasteiger partial charge in [0.05, 0.1) is 12.7 Å². The van der Waals surface area contributed by atoms with Gasteiger partial charge in [-0.3, -0.25) is 0 Å². The van der Waals surface area contributed by atoms with Crippen molar-refractivity contribution in [3.63, 3.8) is 0 Å². The van der Waals surface area contributed by atoms with Gasteiger partial charge in [-0.05, 0) is 31.0 Å². The van der Waals surface area contributed by atoms with E-state index in [2.05, 4.69) is 0 Å². The molecule has 1 aromatic rings. The SMILES string of the molecule is CCCCOc1cc(C(C)O)cc(F)c1F. The quantitative estimate of drug-likeness (QED) is 0.787. The minimum Gasteiger partial charge on any atom is -0.490 e. The molecule has 2 nitrogen and oxygen atoms in total. The number of rotatable bonds is 5. The predicted octanol–water partition coefficient (Wildman–Crippen LogP) is 3.20. The Morgan fingerprint density at radius 2 is 2.06 bits per heavy atom. The summed E-state index contributed by atoms with van der Waals surface area (Å²) in [5.74, 6) is -2.13. The van der Waals surface area contributed by atoms with Crippen molar-refractivity contribution in [3.8, 4) is 5.75 Å². The molecule has 0 saturated carbocycles. The first-order valence-corrected chi connectivity index (χ1v) is 5.36. The van der Waals surface area contributed by atoms with E-state index >= 15 is 0 Å². The first-order valence-electron chi connectivity index (χ1n) is 5.36. The molecule has 0 heterocycles. The molecule has 16 heavy (non-hydrogen) atoms. The molecule has 0 radical (unpaired) electrons. The Balaban J connectivity index is 2.88. The normalized spacial score (nSPS) is 12.6. The first-order chi connectivity index (χ1) is 7.56. The topological polar surface area (TPSA) is 29.5 Å². The summed E-state index contributed by atoms with van der Waals surface area (Å²) in [6.45, 7) is 3.81. The summed E-state index contributed by atoms with van der Waals surface area (Å²) in [7, 11) is 0. The smallest absolute Gasteiger partial charge is 0.200 e. The van der Waals surface area contributed by atoms with E-state index in [1.807, 2.05) is 6.92 Å². The van der Waals surface area contributed by atoms with Crippen LogP contribution in [0.1, 0.15) is 38.4 Å². The van der Waals surface area contributed by atoms with Gasteiger partial charge in [0.25, 0.3) is 0 Å². The molecule has 1 unspecified atom stereocenters. The lowest BCUT2D eigenvalue weighted by atomic mass is 10.1.